The van der Waals surface area contributed by atoms with E-state index < -0.39 is 6.16 Å². The summed E-state index contributed by atoms with van der Waals surface area (Å²) in [4.78, 5) is 10.8. The Morgan fingerprint density at radius 1 is 1.56 bits per heavy atom. The van der Waals surface area contributed by atoms with Gasteiger partial charge in [-0.3, -0.25) is 0 Å². The summed E-state index contributed by atoms with van der Waals surface area (Å²) in [7, 11) is 2.90. The molecule has 0 saturated heterocycles. The minimum absolute atomic E-state index is 0.00303. The first-order chi connectivity index (χ1) is 7.52. The molecule has 1 fully saturated rings. The van der Waals surface area contributed by atoms with Crippen molar-refractivity contribution in [1.29, 1.82) is 0 Å². The molecule has 0 heterocycles. The lowest BCUT2D eigenvalue weighted by atomic mass is 9.59. The van der Waals surface area contributed by atoms with E-state index in [2.05, 4.69) is 24.3 Å². The average molecular weight is 226 g/mol. The lowest BCUT2D eigenvalue weighted by Gasteiger charge is -2.45. The van der Waals surface area contributed by atoms with Gasteiger partial charge in [0, 0.05) is 5.92 Å². The number of hydrogen-bond acceptors (Lipinski definition) is 4. The second-order valence-corrected chi connectivity index (χ2v) is 4.36. The van der Waals surface area contributed by atoms with E-state index in [4.69, 9.17) is 9.47 Å². The third-order valence-electron chi connectivity index (χ3n) is 3.17. The van der Waals surface area contributed by atoms with Gasteiger partial charge in [0.1, 0.15) is 6.26 Å². The molecule has 0 spiro atoms. The molecule has 90 valence electrons. The maximum Gasteiger partial charge on any atom is 0.507 e. The summed E-state index contributed by atoms with van der Waals surface area (Å²) in [5.41, 5.74) is 4.28. The molecule has 0 N–H and O–H groups in total. The van der Waals surface area contributed by atoms with Crippen LogP contribution in [-0.4, -0.2) is 27.0 Å². The molecule has 0 radical (unpaired) electrons. The summed E-state index contributed by atoms with van der Waals surface area (Å²) in [5, 5.41) is 0. The van der Waals surface area contributed by atoms with Crippen molar-refractivity contribution in [2.75, 3.05) is 20.8 Å². The summed E-state index contributed by atoms with van der Waals surface area (Å²) in [5.74, 6) is 0.319. The van der Waals surface area contributed by atoms with Crippen LogP contribution in [0.15, 0.2) is 17.6 Å². The number of ether oxygens (including phenoxy) is 3. The monoisotopic (exact) mass is 226 g/mol. The van der Waals surface area contributed by atoms with Gasteiger partial charge in [-0.25, -0.2) is 4.79 Å². The molecule has 0 bridgehead atoms. The second-order valence-electron chi connectivity index (χ2n) is 4.36. The summed E-state index contributed by atoms with van der Waals surface area (Å²) in [6.07, 6.45) is 1.80. The molecular weight excluding hydrogens is 208 g/mol. The Morgan fingerprint density at radius 2 is 2.25 bits per heavy atom. The zero-order valence-electron chi connectivity index (χ0n) is 10.2. The third-order valence-corrected chi connectivity index (χ3v) is 3.17. The Bertz CT molecular complexity index is 324. The van der Waals surface area contributed by atoms with Gasteiger partial charge in [-0.15, -0.1) is 0 Å². The van der Waals surface area contributed by atoms with Crippen molar-refractivity contribution >= 4 is 6.16 Å². The molecule has 1 saturated carbocycles. The highest BCUT2D eigenvalue weighted by atomic mass is 16.7. The lowest BCUT2D eigenvalue weighted by molar-refractivity contribution is 0.0238. The summed E-state index contributed by atoms with van der Waals surface area (Å²) in [6.45, 7) is 4.60. The minimum atomic E-state index is -0.624. The van der Waals surface area contributed by atoms with Crippen LogP contribution < -0.4 is 0 Å². The highest BCUT2D eigenvalue weighted by Gasteiger charge is 2.44. The SMILES string of the molecule is COC=C=C1CC(COC(=O)OC)C1(C)C. The van der Waals surface area contributed by atoms with E-state index in [-0.39, 0.29) is 5.41 Å². The van der Waals surface area contributed by atoms with Gasteiger partial charge in [-0.1, -0.05) is 19.6 Å². The lowest BCUT2D eigenvalue weighted by Crippen LogP contribution is -2.40. The van der Waals surface area contributed by atoms with Gasteiger partial charge < -0.3 is 14.2 Å². The topological polar surface area (TPSA) is 44.8 Å². The number of rotatable bonds is 3. The highest BCUT2D eigenvalue weighted by molar-refractivity contribution is 5.59. The molecular formula is C12H18O4. The van der Waals surface area contributed by atoms with E-state index in [1.807, 2.05) is 0 Å². The van der Waals surface area contributed by atoms with Crippen LogP contribution in [0.5, 0.6) is 0 Å². The molecule has 1 rings (SSSR count). The van der Waals surface area contributed by atoms with Crippen molar-refractivity contribution in [1.82, 2.24) is 0 Å². The Labute approximate surface area is 95.9 Å². The highest BCUT2D eigenvalue weighted by Crippen LogP contribution is 2.50. The molecule has 16 heavy (non-hydrogen) atoms. The first-order valence-corrected chi connectivity index (χ1v) is 5.20. The van der Waals surface area contributed by atoms with Gasteiger partial charge in [0.25, 0.3) is 0 Å². The van der Waals surface area contributed by atoms with Crippen molar-refractivity contribution in [3.8, 4) is 0 Å². The summed E-state index contributed by atoms with van der Waals surface area (Å²) >= 11 is 0. The van der Waals surface area contributed by atoms with E-state index in [1.165, 1.54) is 12.7 Å². The predicted octanol–water partition coefficient (Wildman–Crippen LogP) is 2.50. The number of allylic oxidation sites excluding steroid dienone is 1. The first kappa shape index (κ1) is 12.7. The zero-order chi connectivity index (χ0) is 12.2. The fourth-order valence-corrected chi connectivity index (χ4v) is 1.75. The van der Waals surface area contributed by atoms with Crippen LogP contribution in [0.4, 0.5) is 4.79 Å². The van der Waals surface area contributed by atoms with E-state index in [1.54, 1.807) is 13.4 Å². The average Bonchev–Trinajstić information content (AvgIpc) is 2.26. The molecule has 4 nitrogen and oxygen atoms in total. The van der Waals surface area contributed by atoms with Crippen LogP contribution in [0, 0.1) is 11.3 Å². The Hall–Kier alpha value is -1.41. The predicted molar refractivity (Wildman–Crippen MR) is 58.9 cm³/mol. The Kier molecular flexibility index (Phi) is 4.02. The number of hydrogen-bond donors (Lipinski definition) is 0. The van der Waals surface area contributed by atoms with Gasteiger partial charge in [0.05, 0.1) is 20.8 Å². The van der Waals surface area contributed by atoms with Crippen molar-refractivity contribution < 1.29 is 19.0 Å². The van der Waals surface area contributed by atoms with Crippen LogP contribution in [0.3, 0.4) is 0 Å². The quantitative estimate of drug-likeness (QED) is 0.421. The van der Waals surface area contributed by atoms with Crippen molar-refractivity contribution in [2.24, 2.45) is 11.3 Å². The van der Waals surface area contributed by atoms with Crippen molar-refractivity contribution in [2.45, 2.75) is 20.3 Å². The van der Waals surface area contributed by atoms with E-state index in [9.17, 15) is 4.79 Å². The molecule has 4 heteroatoms. The molecule has 1 unspecified atom stereocenters. The normalized spacial score (nSPS) is 21.5. The molecule has 1 atom stereocenters. The van der Waals surface area contributed by atoms with Crippen LogP contribution >= 0.6 is 0 Å². The van der Waals surface area contributed by atoms with Crippen molar-refractivity contribution in [3.05, 3.63) is 17.6 Å². The standard InChI is InChI=1S/C12H18O4/c1-12(2)9(5-6-14-3)7-10(12)8-16-11(13)15-4/h6,10H,7-8H2,1-4H3. The van der Waals surface area contributed by atoms with Gasteiger partial charge >= 0.3 is 6.16 Å². The molecule has 0 aromatic rings. The molecule has 0 amide bonds. The largest absolute Gasteiger partial charge is 0.507 e. The minimum Gasteiger partial charge on any atom is -0.496 e. The van der Waals surface area contributed by atoms with Crippen LogP contribution in [0.2, 0.25) is 0 Å². The van der Waals surface area contributed by atoms with Gasteiger partial charge in [-0.05, 0) is 17.4 Å². The maximum absolute atomic E-state index is 10.8. The second kappa shape index (κ2) is 5.08. The van der Waals surface area contributed by atoms with E-state index >= 15 is 0 Å². The zero-order valence-corrected chi connectivity index (χ0v) is 10.2. The summed E-state index contributed by atoms with van der Waals surface area (Å²) in [6, 6.07) is 0. The number of carbonyl (C=O) groups excluding carboxylic acids is 1. The number of carbonyl (C=O) groups is 1. The third kappa shape index (κ3) is 2.58. The first-order valence-electron chi connectivity index (χ1n) is 5.20. The van der Waals surface area contributed by atoms with Crippen LogP contribution in [0.1, 0.15) is 20.3 Å². The fourth-order valence-electron chi connectivity index (χ4n) is 1.75. The maximum atomic E-state index is 10.8. The van der Waals surface area contributed by atoms with E-state index in [0.717, 1.165) is 6.42 Å². The van der Waals surface area contributed by atoms with Crippen LogP contribution in [-0.2, 0) is 14.2 Å². The van der Waals surface area contributed by atoms with E-state index in [0.29, 0.717) is 12.5 Å². The Balaban J connectivity index is 2.51. The molecule has 0 aromatic heterocycles. The summed E-state index contributed by atoms with van der Waals surface area (Å²) < 4.78 is 14.2. The fraction of sp³-hybridized carbons (Fsp3) is 0.667. The van der Waals surface area contributed by atoms with Crippen molar-refractivity contribution in [3.63, 3.8) is 0 Å². The van der Waals surface area contributed by atoms with Crippen LogP contribution in [0.25, 0.3) is 0 Å². The Morgan fingerprint density at radius 3 is 2.75 bits per heavy atom. The van der Waals surface area contributed by atoms with Gasteiger partial charge in [0.15, 0.2) is 0 Å². The smallest absolute Gasteiger partial charge is 0.496 e. The number of methoxy groups -OCH3 is 2. The molecule has 1 aliphatic carbocycles. The molecule has 0 aliphatic heterocycles. The van der Waals surface area contributed by atoms with Gasteiger partial charge in [-0.2, -0.15) is 0 Å². The van der Waals surface area contributed by atoms with Gasteiger partial charge in [0.2, 0.25) is 0 Å². The molecule has 1 aliphatic rings. The molecule has 0 aromatic carbocycles.